The SMILES string of the molecule is CCC12CC3(CNC(C)=O)C[C@](CCC(C)=O)(C1)C[C@](CCC(C)=O)(C2)C3. The van der Waals surface area contributed by atoms with Gasteiger partial charge in [-0.1, -0.05) is 13.3 Å². The van der Waals surface area contributed by atoms with E-state index in [9.17, 15) is 14.4 Å². The molecule has 4 atom stereocenters. The van der Waals surface area contributed by atoms with Crippen LogP contribution >= 0.6 is 0 Å². The van der Waals surface area contributed by atoms with Gasteiger partial charge in [-0.2, -0.15) is 0 Å². The first-order valence-electron chi connectivity index (χ1n) is 10.8. The molecule has 0 heterocycles. The normalized spacial score (nSPS) is 39.4. The average molecular weight is 376 g/mol. The van der Waals surface area contributed by atoms with Gasteiger partial charge in [-0.15, -0.1) is 0 Å². The molecule has 0 aromatic rings. The van der Waals surface area contributed by atoms with E-state index >= 15 is 0 Å². The van der Waals surface area contributed by atoms with Gasteiger partial charge in [0.25, 0.3) is 0 Å². The number of amides is 1. The molecule has 0 radical (unpaired) electrons. The maximum absolute atomic E-state index is 11.8. The van der Waals surface area contributed by atoms with Crippen LogP contribution < -0.4 is 5.32 Å². The van der Waals surface area contributed by atoms with Crippen LogP contribution in [0.2, 0.25) is 0 Å². The van der Waals surface area contributed by atoms with Crippen molar-refractivity contribution in [1.29, 1.82) is 0 Å². The quantitative estimate of drug-likeness (QED) is 0.641. The zero-order valence-corrected chi connectivity index (χ0v) is 17.7. The van der Waals surface area contributed by atoms with E-state index in [1.54, 1.807) is 20.8 Å². The monoisotopic (exact) mass is 375 g/mol. The average Bonchev–Trinajstić information content (AvgIpc) is 2.56. The molecule has 0 aliphatic heterocycles. The van der Waals surface area contributed by atoms with Crippen molar-refractivity contribution >= 4 is 17.5 Å². The smallest absolute Gasteiger partial charge is 0.216 e. The van der Waals surface area contributed by atoms with Crippen molar-refractivity contribution in [1.82, 2.24) is 5.32 Å². The van der Waals surface area contributed by atoms with E-state index in [0.717, 1.165) is 32.2 Å². The van der Waals surface area contributed by atoms with Gasteiger partial charge in [0.15, 0.2) is 0 Å². The first kappa shape index (κ1) is 20.5. The van der Waals surface area contributed by atoms with Gasteiger partial charge in [0.2, 0.25) is 5.91 Å². The Balaban J connectivity index is 1.95. The van der Waals surface area contributed by atoms with E-state index in [0.29, 0.717) is 18.3 Å². The van der Waals surface area contributed by atoms with Gasteiger partial charge < -0.3 is 14.9 Å². The summed E-state index contributed by atoms with van der Waals surface area (Å²) in [6, 6.07) is 0. The Morgan fingerprint density at radius 1 is 0.704 bits per heavy atom. The van der Waals surface area contributed by atoms with E-state index < -0.39 is 0 Å². The highest BCUT2D eigenvalue weighted by atomic mass is 16.1. The highest BCUT2D eigenvalue weighted by molar-refractivity contribution is 5.76. The number of hydrogen-bond acceptors (Lipinski definition) is 3. The Morgan fingerprint density at radius 2 is 1.11 bits per heavy atom. The lowest BCUT2D eigenvalue weighted by molar-refractivity contribution is -0.207. The summed E-state index contributed by atoms with van der Waals surface area (Å²) in [6.07, 6.45) is 11.6. The van der Waals surface area contributed by atoms with E-state index in [1.165, 1.54) is 32.1 Å². The van der Waals surface area contributed by atoms with Crippen molar-refractivity contribution in [3.63, 3.8) is 0 Å². The summed E-state index contributed by atoms with van der Waals surface area (Å²) >= 11 is 0. The van der Waals surface area contributed by atoms with Gasteiger partial charge in [0.1, 0.15) is 11.6 Å². The number of carbonyl (C=O) groups is 3. The van der Waals surface area contributed by atoms with Crippen LogP contribution in [0, 0.1) is 21.7 Å². The van der Waals surface area contributed by atoms with E-state index in [1.807, 2.05) is 0 Å². The predicted octanol–water partition coefficient (Wildman–Crippen LogP) is 4.60. The van der Waals surface area contributed by atoms with Gasteiger partial charge >= 0.3 is 0 Å². The van der Waals surface area contributed by atoms with Gasteiger partial charge in [0, 0.05) is 26.3 Å². The minimum Gasteiger partial charge on any atom is -0.356 e. The van der Waals surface area contributed by atoms with Crippen molar-refractivity contribution in [2.75, 3.05) is 6.54 Å². The molecule has 1 amide bonds. The molecule has 4 nitrogen and oxygen atoms in total. The van der Waals surface area contributed by atoms with Crippen LogP contribution in [0.4, 0.5) is 0 Å². The Bertz CT molecular complexity index is 546. The summed E-state index contributed by atoms with van der Waals surface area (Å²) in [5.74, 6) is 0.613. The fraction of sp³-hybridized carbons (Fsp3) is 0.870. The standard InChI is InChI=1S/C23H37NO3/c1-5-20-10-21(8-6-17(2)25)13-22(11-20,9-7-18(3)26)15-23(12-20,14-21)16-24-19(4)27/h5-16H2,1-4H3,(H,24,27)/t20?,21-,22+,23?. The summed E-state index contributed by atoms with van der Waals surface area (Å²) in [5, 5.41) is 3.14. The molecule has 2 unspecified atom stereocenters. The van der Waals surface area contributed by atoms with Crippen LogP contribution in [-0.4, -0.2) is 24.0 Å². The number of Topliss-reactive ketones (excluding diaryl/α,β-unsaturated/α-hetero) is 2. The lowest BCUT2D eigenvalue weighted by Crippen LogP contribution is -2.63. The van der Waals surface area contributed by atoms with Crippen molar-refractivity contribution < 1.29 is 14.4 Å². The molecule has 0 aromatic heterocycles. The molecule has 0 aromatic carbocycles. The zero-order chi connectivity index (χ0) is 19.9. The largest absolute Gasteiger partial charge is 0.356 e. The van der Waals surface area contributed by atoms with Gasteiger partial charge in [-0.05, 0) is 86.9 Å². The fourth-order valence-corrected chi connectivity index (χ4v) is 7.81. The van der Waals surface area contributed by atoms with Crippen molar-refractivity contribution in [2.24, 2.45) is 21.7 Å². The third kappa shape index (κ3) is 4.14. The van der Waals surface area contributed by atoms with Crippen LogP contribution in [-0.2, 0) is 14.4 Å². The van der Waals surface area contributed by atoms with E-state index in [-0.39, 0.29) is 33.7 Å². The molecule has 4 rings (SSSR count). The summed E-state index contributed by atoms with van der Waals surface area (Å²) in [4.78, 5) is 35.2. The van der Waals surface area contributed by atoms with Crippen LogP contribution in [0.15, 0.2) is 0 Å². The minimum absolute atomic E-state index is 0.0480. The first-order chi connectivity index (χ1) is 12.6. The maximum Gasteiger partial charge on any atom is 0.216 e. The Kier molecular flexibility index (Phi) is 5.33. The van der Waals surface area contributed by atoms with Crippen molar-refractivity contribution in [3.8, 4) is 0 Å². The molecule has 4 aliphatic rings. The highest BCUT2D eigenvalue weighted by Crippen LogP contribution is 2.76. The Morgan fingerprint density at radius 3 is 1.52 bits per heavy atom. The highest BCUT2D eigenvalue weighted by Gasteiger charge is 2.66. The first-order valence-corrected chi connectivity index (χ1v) is 10.8. The summed E-state index contributed by atoms with van der Waals surface area (Å²) in [7, 11) is 0. The van der Waals surface area contributed by atoms with Gasteiger partial charge in [-0.3, -0.25) is 4.79 Å². The maximum atomic E-state index is 11.8. The van der Waals surface area contributed by atoms with Crippen LogP contribution in [0.5, 0.6) is 0 Å². The van der Waals surface area contributed by atoms with Crippen LogP contribution in [0.3, 0.4) is 0 Å². The second-order valence-electron chi connectivity index (χ2n) is 10.7. The molecule has 4 bridgehead atoms. The number of nitrogens with one attached hydrogen (secondary N) is 1. The molecule has 0 saturated heterocycles. The van der Waals surface area contributed by atoms with Gasteiger partial charge in [0.05, 0.1) is 0 Å². The van der Waals surface area contributed by atoms with E-state index in [2.05, 4.69) is 12.2 Å². The second-order valence-corrected chi connectivity index (χ2v) is 10.7. The van der Waals surface area contributed by atoms with Gasteiger partial charge in [-0.25, -0.2) is 0 Å². The van der Waals surface area contributed by atoms with Crippen LogP contribution in [0.25, 0.3) is 0 Å². The lowest BCUT2D eigenvalue weighted by atomic mass is 9.34. The number of rotatable bonds is 9. The molecular weight excluding hydrogens is 338 g/mol. The third-order valence-corrected chi connectivity index (χ3v) is 7.98. The third-order valence-electron chi connectivity index (χ3n) is 7.98. The summed E-state index contributed by atoms with van der Waals surface area (Å²) in [6.45, 7) is 8.08. The predicted molar refractivity (Wildman–Crippen MR) is 106 cm³/mol. The number of hydrogen-bond donors (Lipinski definition) is 1. The summed E-state index contributed by atoms with van der Waals surface area (Å²) < 4.78 is 0. The van der Waals surface area contributed by atoms with Crippen LogP contribution in [0.1, 0.15) is 98.3 Å². The summed E-state index contributed by atoms with van der Waals surface area (Å²) in [5.41, 5.74) is 0.891. The topological polar surface area (TPSA) is 63.2 Å². The molecule has 152 valence electrons. The zero-order valence-electron chi connectivity index (χ0n) is 17.7. The second kappa shape index (κ2) is 7.00. The number of ketones is 2. The molecular formula is C23H37NO3. The molecule has 27 heavy (non-hydrogen) atoms. The van der Waals surface area contributed by atoms with E-state index in [4.69, 9.17) is 0 Å². The molecule has 1 N–H and O–H groups in total. The Labute approximate surface area is 164 Å². The fourth-order valence-electron chi connectivity index (χ4n) is 7.81. The molecule has 4 saturated carbocycles. The molecule has 4 heteroatoms. The molecule has 4 aliphatic carbocycles. The molecule has 4 fully saturated rings. The lowest BCUT2D eigenvalue weighted by Gasteiger charge is -2.71. The molecule has 0 spiro atoms. The van der Waals surface area contributed by atoms with Crippen molar-refractivity contribution in [2.45, 2.75) is 98.3 Å². The number of carbonyl (C=O) groups excluding carboxylic acids is 3. The minimum atomic E-state index is 0.0480. The Hall–Kier alpha value is -1.19. The van der Waals surface area contributed by atoms with Crippen molar-refractivity contribution in [3.05, 3.63) is 0 Å².